The highest BCUT2D eigenvalue weighted by Gasteiger charge is 2.11. The zero-order chi connectivity index (χ0) is 11.5. The molecule has 2 aromatic rings. The van der Waals surface area contributed by atoms with E-state index in [2.05, 4.69) is 6.07 Å². The minimum atomic E-state index is -0.220. The zero-order valence-corrected chi connectivity index (χ0v) is 9.93. The summed E-state index contributed by atoms with van der Waals surface area (Å²) in [5, 5.41) is 2.03. The van der Waals surface area contributed by atoms with E-state index in [-0.39, 0.29) is 11.9 Å². The van der Waals surface area contributed by atoms with Crippen molar-refractivity contribution in [2.45, 2.75) is 19.4 Å². The van der Waals surface area contributed by atoms with Crippen LogP contribution in [0.3, 0.4) is 0 Å². The van der Waals surface area contributed by atoms with E-state index in [0.29, 0.717) is 0 Å². The van der Waals surface area contributed by atoms with Crippen molar-refractivity contribution >= 4 is 11.3 Å². The molecular weight excluding hydrogens is 221 g/mol. The predicted octanol–water partition coefficient (Wildman–Crippen LogP) is 3.44. The third kappa shape index (κ3) is 2.49. The lowest BCUT2D eigenvalue weighted by Gasteiger charge is -2.13. The highest BCUT2D eigenvalue weighted by Crippen LogP contribution is 2.22. The number of hydrogen-bond donors (Lipinski definition) is 1. The van der Waals surface area contributed by atoms with E-state index in [1.165, 1.54) is 17.0 Å². The second kappa shape index (κ2) is 4.76. The third-order valence-electron chi connectivity index (χ3n) is 2.64. The fourth-order valence-corrected chi connectivity index (χ4v) is 2.53. The molecule has 1 unspecified atom stereocenters. The smallest absolute Gasteiger partial charge is 0.123 e. The molecule has 2 rings (SSSR count). The topological polar surface area (TPSA) is 26.0 Å². The van der Waals surface area contributed by atoms with E-state index in [9.17, 15) is 4.39 Å². The molecule has 0 fully saturated rings. The molecule has 0 aliphatic heterocycles. The van der Waals surface area contributed by atoms with Gasteiger partial charge in [0.25, 0.3) is 0 Å². The van der Waals surface area contributed by atoms with Crippen molar-refractivity contribution in [3.05, 3.63) is 57.5 Å². The van der Waals surface area contributed by atoms with Gasteiger partial charge in [-0.15, -0.1) is 11.3 Å². The molecule has 0 spiro atoms. The minimum Gasteiger partial charge on any atom is -0.324 e. The lowest BCUT2D eigenvalue weighted by Crippen LogP contribution is -2.14. The fourth-order valence-electron chi connectivity index (χ4n) is 1.77. The van der Waals surface area contributed by atoms with Gasteiger partial charge in [0.1, 0.15) is 5.82 Å². The summed E-state index contributed by atoms with van der Waals surface area (Å²) >= 11 is 1.68. The van der Waals surface area contributed by atoms with Crippen LogP contribution in [0.25, 0.3) is 0 Å². The van der Waals surface area contributed by atoms with Gasteiger partial charge in [0.2, 0.25) is 0 Å². The normalized spacial score (nSPS) is 12.7. The first-order valence-corrected chi connectivity index (χ1v) is 6.09. The molecule has 0 bridgehead atoms. The summed E-state index contributed by atoms with van der Waals surface area (Å²) in [6, 6.07) is 8.71. The van der Waals surface area contributed by atoms with E-state index in [1.807, 2.05) is 18.4 Å². The number of aryl methyl sites for hydroxylation is 1. The average molecular weight is 235 g/mol. The molecule has 84 valence electrons. The maximum Gasteiger partial charge on any atom is 0.123 e. The predicted molar refractivity (Wildman–Crippen MR) is 66.1 cm³/mol. The Bertz CT molecular complexity index is 465. The van der Waals surface area contributed by atoms with Crippen LogP contribution < -0.4 is 5.73 Å². The Balaban J connectivity index is 2.20. The summed E-state index contributed by atoms with van der Waals surface area (Å²) in [5.41, 5.74) is 8.04. The van der Waals surface area contributed by atoms with Gasteiger partial charge >= 0.3 is 0 Å². The van der Waals surface area contributed by atoms with Crippen LogP contribution in [0.1, 0.15) is 22.0 Å². The highest BCUT2D eigenvalue weighted by atomic mass is 32.1. The van der Waals surface area contributed by atoms with E-state index in [4.69, 9.17) is 5.73 Å². The van der Waals surface area contributed by atoms with Gasteiger partial charge in [-0.1, -0.05) is 12.1 Å². The highest BCUT2D eigenvalue weighted by molar-refractivity contribution is 7.09. The molecule has 1 aromatic heterocycles. The van der Waals surface area contributed by atoms with Crippen LogP contribution in [0.4, 0.5) is 4.39 Å². The Hall–Kier alpha value is -1.19. The molecule has 2 N–H and O–H groups in total. The van der Waals surface area contributed by atoms with Crippen molar-refractivity contribution < 1.29 is 4.39 Å². The summed E-state index contributed by atoms with van der Waals surface area (Å²) in [6.45, 7) is 1.96. The number of rotatable bonds is 3. The van der Waals surface area contributed by atoms with Gasteiger partial charge in [-0.3, -0.25) is 0 Å². The monoisotopic (exact) mass is 235 g/mol. The van der Waals surface area contributed by atoms with Crippen molar-refractivity contribution in [3.63, 3.8) is 0 Å². The van der Waals surface area contributed by atoms with Crippen molar-refractivity contribution in [1.29, 1.82) is 0 Å². The molecule has 1 aromatic carbocycles. The Morgan fingerprint density at radius 3 is 2.88 bits per heavy atom. The van der Waals surface area contributed by atoms with Crippen LogP contribution >= 0.6 is 11.3 Å². The van der Waals surface area contributed by atoms with E-state index < -0.39 is 0 Å². The van der Waals surface area contributed by atoms with Gasteiger partial charge in [0.15, 0.2) is 0 Å². The van der Waals surface area contributed by atoms with Gasteiger partial charge in [-0.05, 0) is 41.6 Å². The lowest BCUT2D eigenvalue weighted by atomic mass is 9.99. The van der Waals surface area contributed by atoms with Gasteiger partial charge in [-0.2, -0.15) is 0 Å². The minimum absolute atomic E-state index is 0.130. The molecule has 0 saturated heterocycles. The number of thiophene rings is 1. The van der Waals surface area contributed by atoms with Crippen molar-refractivity contribution in [2.24, 2.45) is 5.73 Å². The molecule has 3 heteroatoms. The second-order valence-electron chi connectivity index (χ2n) is 3.89. The Labute approximate surface area is 98.7 Å². The molecule has 0 radical (unpaired) electrons. The molecule has 1 heterocycles. The van der Waals surface area contributed by atoms with Crippen molar-refractivity contribution in [2.75, 3.05) is 0 Å². The van der Waals surface area contributed by atoms with Crippen LogP contribution in [0, 0.1) is 12.7 Å². The van der Waals surface area contributed by atoms with Crippen LogP contribution in [0.15, 0.2) is 35.7 Å². The van der Waals surface area contributed by atoms with Crippen LogP contribution in [0.5, 0.6) is 0 Å². The number of halogens is 1. The van der Waals surface area contributed by atoms with Crippen LogP contribution in [-0.4, -0.2) is 0 Å². The Morgan fingerprint density at radius 1 is 1.38 bits per heavy atom. The fraction of sp³-hybridized carbons (Fsp3) is 0.231. The summed E-state index contributed by atoms with van der Waals surface area (Å²) < 4.78 is 13.1. The van der Waals surface area contributed by atoms with Crippen molar-refractivity contribution in [1.82, 2.24) is 0 Å². The number of nitrogens with two attached hydrogens (primary N) is 1. The van der Waals surface area contributed by atoms with Gasteiger partial charge in [0, 0.05) is 17.3 Å². The van der Waals surface area contributed by atoms with E-state index in [1.54, 1.807) is 17.4 Å². The molecule has 0 amide bonds. The number of benzene rings is 1. The molecule has 1 nitrogen and oxygen atoms in total. The maximum absolute atomic E-state index is 13.1. The molecule has 0 aliphatic rings. The summed E-state index contributed by atoms with van der Waals surface area (Å²) in [5.74, 6) is -0.220. The van der Waals surface area contributed by atoms with Gasteiger partial charge < -0.3 is 5.73 Å². The molecule has 16 heavy (non-hydrogen) atoms. The first kappa shape index (κ1) is 11.3. The second-order valence-corrected chi connectivity index (χ2v) is 4.92. The summed E-state index contributed by atoms with van der Waals surface area (Å²) in [4.78, 5) is 1.23. The van der Waals surface area contributed by atoms with Gasteiger partial charge in [0.05, 0.1) is 0 Å². The number of hydrogen-bond acceptors (Lipinski definition) is 2. The van der Waals surface area contributed by atoms with E-state index >= 15 is 0 Å². The average Bonchev–Trinajstić information content (AvgIpc) is 2.74. The quantitative estimate of drug-likeness (QED) is 0.866. The lowest BCUT2D eigenvalue weighted by molar-refractivity contribution is 0.617. The summed E-state index contributed by atoms with van der Waals surface area (Å²) in [6.07, 6.45) is 0.766. The van der Waals surface area contributed by atoms with Crippen molar-refractivity contribution in [3.8, 4) is 0 Å². The van der Waals surface area contributed by atoms with Gasteiger partial charge in [-0.25, -0.2) is 4.39 Å². The molecule has 0 aliphatic carbocycles. The molecule has 1 atom stereocenters. The summed E-state index contributed by atoms with van der Waals surface area (Å²) in [7, 11) is 0. The SMILES string of the molecule is Cc1ccc(F)cc1C(N)Cc1cccs1. The largest absolute Gasteiger partial charge is 0.324 e. The first-order chi connectivity index (χ1) is 7.66. The molecular formula is C13H14FNS. The Kier molecular flexibility index (Phi) is 3.36. The maximum atomic E-state index is 13.1. The first-order valence-electron chi connectivity index (χ1n) is 5.21. The standard InChI is InChI=1S/C13H14FNS/c1-9-4-5-10(14)7-12(9)13(15)8-11-3-2-6-16-11/h2-7,13H,8,15H2,1H3. The van der Waals surface area contributed by atoms with Crippen LogP contribution in [0.2, 0.25) is 0 Å². The van der Waals surface area contributed by atoms with E-state index in [0.717, 1.165) is 17.5 Å². The Morgan fingerprint density at radius 2 is 2.19 bits per heavy atom. The molecule has 0 saturated carbocycles. The zero-order valence-electron chi connectivity index (χ0n) is 9.11. The third-order valence-corrected chi connectivity index (χ3v) is 3.54. The van der Waals surface area contributed by atoms with Crippen LogP contribution in [-0.2, 0) is 6.42 Å².